The van der Waals surface area contributed by atoms with Crippen LogP contribution in [0.3, 0.4) is 0 Å². The molecule has 0 bridgehead atoms. The maximum Gasteiger partial charge on any atom is 0.0641 e. The van der Waals surface area contributed by atoms with Gasteiger partial charge in [0.2, 0.25) is 0 Å². The zero-order chi connectivity index (χ0) is 42.6. The Morgan fingerprint density at radius 2 is 0.828 bits per heavy atom. The zero-order valence-corrected chi connectivity index (χ0v) is 35.4. The van der Waals surface area contributed by atoms with Gasteiger partial charge in [0.25, 0.3) is 0 Å². The molecule has 3 nitrogen and oxygen atoms in total. The van der Waals surface area contributed by atoms with E-state index in [9.17, 15) is 0 Å². The monoisotopic (exact) mass is 817 g/mol. The summed E-state index contributed by atoms with van der Waals surface area (Å²) < 4.78 is 4.92. The van der Waals surface area contributed by atoms with Crippen LogP contribution >= 0.6 is 0 Å². The minimum atomic E-state index is 1.10. The number of nitrogens with zero attached hydrogens (tertiary/aromatic N) is 3. The van der Waals surface area contributed by atoms with Crippen LogP contribution in [0.25, 0.3) is 87.3 Å². The molecule has 13 aromatic rings. The molecular formula is C61H43N3. The summed E-state index contributed by atoms with van der Waals surface area (Å²) in [6, 6.07) is 87.8. The van der Waals surface area contributed by atoms with Crippen LogP contribution in [0, 0.1) is 6.92 Å². The van der Waals surface area contributed by atoms with Crippen LogP contribution < -0.4 is 4.90 Å². The lowest BCUT2D eigenvalue weighted by Gasteiger charge is -2.28. The SMILES string of the molecule is Cc1ccccc1.c1ccc2cc(-n3c4ccccc4c4c3ccc3c5ccccc5n(-c5ccc(N(c6cccc7ccccc67)c6cccc7ccccc67)cc5)c34)ccc2c1. The van der Waals surface area contributed by atoms with Crippen LogP contribution in [0.2, 0.25) is 0 Å². The summed E-state index contributed by atoms with van der Waals surface area (Å²) in [6.07, 6.45) is 0. The van der Waals surface area contributed by atoms with Gasteiger partial charge in [0.05, 0.1) is 33.4 Å². The van der Waals surface area contributed by atoms with Crippen LogP contribution in [0.1, 0.15) is 5.56 Å². The minimum Gasteiger partial charge on any atom is -0.309 e. The number of hydrogen-bond acceptors (Lipinski definition) is 1. The lowest BCUT2D eigenvalue weighted by atomic mass is 10.0. The molecule has 0 aliphatic heterocycles. The van der Waals surface area contributed by atoms with E-state index in [2.05, 4.69) is 245 Å². The van der Waals surface area contributed by atoms with Crippen molar-refractivity contribution in [2.45, 2.75) is 6.92 Å². The van der Waals surface area contributed by atoms with Crippen molar-refractivity contribution in [1.29, 1.82) is 0 Å². The molecule has 0 radical (unpaired) electrons. The molecule has 0 unspecified atom stereocenters. The van der Waals surface area contributed by atoms with E-state index in [4.69, 9.17) is 0 Å². The Labute approximate surface area is 371 Å². The number of aryl methyl sites for hydroxylation is 1. The fraction of sp³-hybridized carbons (Fsp3) is 0.0164. The molecule has 0 saturated carbocycles. The number of rotatable bonds is 5. The summed E-state index contributed by atoms with van der Waals surface area (Å²) in [5.41, 5.74) is 11.8. The van der Waals surface area contributed by atoms with Crippen LogP contribution in [0.5, 0.6) is 0 Å². The lowest BCUT2D eigenvalue weighted by molar-refractivity contribution is 1.17. The van der Waals surface area contributed by atoms with E-state index in [1.807, 2.05) is 18.2 Å². The summed E-state index contributed by atoms with van der Waals surface area (Å²) in [4.78, 5) is 2.43. The second kappa shape index (κ2) is 15.5. The molecule has 0 fully saturated rings. The highest BCUT2D eigenvalue weighted by Crippen LogP contribution is 2.45. The zero-order valence-electron chi connectivity index (χ0n) is 35.4. The minimum absolute atomic E-state index is 1.10. The maximum atomic E-state index is 2.48. The average Bonchev–Trinajstić information content (AvgIpc) is 3.88. The number of aromatic nitrogens is 2. The van der Waals surface area contributed by atoms with Gasteiger partial charge in [-0.3, -0.25) is 0 Å². The van der Waals surface area contributed by atoms with Crippen molar-refractivity contribution in [3.8, 4) is 11.4 Å². The van der Waals surface area contributed by atoms with Gasteiger partial charge >= 0.3 is 0 Å². The van der Waals surface area contributed by atoms with Crippen molar-refractivity contribution < 1.29 is 0 Å². The Morgan fingerprint density at radius 3 is 1.47 bits per heavy atom. The fourth-order valence-corrected chi connectivity index (χ4v) is 9.87. The Hall–Kier alpha value is -8.40. The highest BCUT2D eigenvalue weighted by atomic mass is 15.1. The first-order valence-corrected chi connectivity index (χ1v) is 22.0. The molecule has 2 aromatic heterocycles. The van der Waals surface area contributed by atoms with Crippen LogP contribution in [0.15, 0.2) is 243 Å². The van der Waals surface area contributed by atoms with Crippen LogP contribution in [-0.4, -0.2) is 9.13 Å². The van der Waals surface area contributed by atoms with Crippen molar-refractivity contribution in [2.24, 2.45) is 0 Å². The summed E-state index contributed by atoms with van der Waals surface area (Å²) in [7, 11) is 0. The quantitative estimate of drug-likeness (QED) is 0.169. The van der Waals surface area contributed by atoms with Gasteiger partial charge in [0, 0.05) is 49.4 Å². The van der Waals surface area contributed by atoms with E-state index >= 15 is 0 Å². The molecule has 0 atom stereocenters. The van der Waals surface area contributed by atoms with Gasteiger partial charge in [-0.15, -0.1) is 0 Å². The summed E-state index contributed by atoms with van der Waals surface area (Å²) in [5, 5.41) is 12.3. The van der Waals surface area contributed by atoms with E-state index in [0.717, 1.165) is 28.4 Å². The van der Waals surface area contributed by atoms with Gasteiger partial charge in [0.1, 0.15) is 0 Å². The largest absolute Gasteiger partial charge is 0.309 e. The Bertz CT molecular complexity index is 3770. The molecular weight excluding hydrogens is 775 g/mol. The predicted octanol–water partition coefficient (Wildman–Crippen LogP) is 16.8. The first-order valence-electron chi connectivity index (χ1n) is 22.0. The molecule has 13 rings (SSSR count). The number of para-hydroxylation sites is 2. The van der Waals surface area contributed by atoms with Gasteiger partial charge in [-0.2, -0.15) is 0 Å². The Balaban J connectivity index is 0.000000568. The normalized spacial score (nSPS) is 11.5. The fourth-order valence-electron chi connectivity index (χ4n) is 9.87. The molecule has 0 aliphatic carbocycles. The van der Waals surface area contributed by atoms with Crippen LogP contribution in [-0.2, 0) is 0 Å². The molecule has 0 aliphatic rings. The van der Waals surface area contributed by atoms with E-state index in [-0.39, 0.29) is 0 Å². The average molecular weight is 818 g/mol. The van der Waals surface area contributed by atoms with Crippen molar-refractivity contribution >= 4 is 93.0 Å². The van der Waals surface area contributed by atoms with Crippen molar-refractivity contribution in [3.63, 3.8) is 0 Å². The first kappa shape index (κ1) is 37.4. The number of anilines is 3. The molecule has 0 amide bonds. The molecule has 64 heavy (non-hydrogen) atoms. The molecule has 2 heterocycles. The Morgan fingerprint density at radius 1 is 0.312 bits per heavy atom. The topological polar surface area (TPSA) is 13.1 Å². The summed E-state index contributed by atoms with van der Waals surface area (Å²) in [6.45, 7) is 2.08. The molecule has 11 aromatic carbocycles. The Kier molecular flexibility index (Phi) is 9.05. The van der Waals surface area contributed by atoms with Gasteiger partial charge in [-0.05, 0) is 95.2 Å². The molecule has 0 spiro atoms. The smallest absolute Gasteiger partial charge is 0.0641 e. The van der Waals surface area contributed by atoms with E-state index in [1.54, 1.807) is 0 Å². The number of hydrogen-bond donors (Lipinski definition) is 0. The van der Waals surface area contributed by atoms with Gasteiger partial charge in [-0.25, -0.2) is 0 Å². The molecule has 0 N–H and O–H groups in total. The third kappa shape index (κ3) is 6.20. The number of fused-ring (bicyclic) bond motifs is 10. The first-order chi connectivity index (χ1) is 31.7. The molecule has 302 valence electrons. The van der Waals surface area contributed by atoms with Crippen LogP contribution in [0.4, 0.5) is 17.1 Å². The third-order valence-electron chi connectivity index (χ3n) is 12.8. The highest BCUT2D eigenvalue weighted by Gasteiger charge is 2.22. The second-order valence-corrected chi connectivity index (χ2v) is 16.6. The molecule has 3 heteroatoms. The van der Waals surface area contributed by atoms with Gasteiger partial charge in [0.15, 0.2) is 0 Å². The molecule has 0 saturated heterocycles. The standard InChI is InChI=1S/C54H35N3.C7H8/c1-2-16-39-35-42(28-27-36(39)13-1)56-51-24-10-8-22-47(51)53-52(56)34-33-46-45-21-7-9-23-50(45)57(54(46)53)41-31-29-40(30-32-41)55(48-25-11-17-37-14-3-5-19-43(37)48)49-26-12-18-38-15-4-6-20-44(38)49;1-7-5-3-2-4-6-7/h1-35H;2-6H,1H3. The highest BCUT2D eigenvalue weighted by molar-refractivity contribution is 6.26. The lowest BCUT2D eigenvalue weighted by Crippen LogP contribution is -2.11. The summed E-state index contributed by atoms with van der Waals surface area (Å²) >= 11 is 0. The van der Waals surface area contributed by atoms with Gasteiger partial charge < -0.3 is 14.0 Å². The van der Waals surface area contributed by atoms with E-state index in [1.165, 1.54) is 81.5 Å². The van der Waals surface area contributed by atoms with Crippen molar-refractivity contribution in [1.82, 2.24) is 9.13 Å². The summed E-state index contributed by atoms with van der Waals surface area (Å²) in [5.74, 6) is 0. The third-order valence-corrected chi connectivity index (χ3v) is 12.8. The predicted molar refractivity (Wildman–Crippen MR) is 273 cm³/mol. The van der Waals surface area contributed by atoms with Gasteiger partial charge in [-0.1, -0.05) is 181 Å². The van der Waals surface area contributed by atoms with Crippen molar-refractivity contribution in [2.75, 3.05) is 4.90 Å². The second-order valence-electron chi connectivity index (χ2n) is 16.6. The maximum absolute atomic E-state index is 2.48. The van der Waals surface area contributed by atoms with E-state index in [0.29, 0.717) is 0 Å². The number of benzene rings is 11. The van der Waals surface area contributed by atoms with E-state index < -0.39 is 0 Å². The van der Waals surface area contributed by atoms with Crippen molar-refractivity contribution in [3.05, 3.63) is 248 Å².